The van der Waals surface area contributed by atoms with Crippen LogP contribution in [0.5, 0.6) is 0 Å². The molecule has 1 unspecified atom stereocenters. The molecular weight excluding hydrogens is 763 g/mol. The minimum Gasteiger partial charge on any atom is -0.469 e. The van der Waals surface area contributed by atoms with E-state index in [0.717, 1.165) is 6.92 Å². The van der Waals surface area contributed by atoms with E-state index >= 15 is 0 Å². The molecule has 4 N–H and O–H groups in total. The first-order chi connectivity index (χ1) is 19.0. The van der Waals surface area contributed by atoms with E-state index in [1.807, 2.05) is 0 Å². The average Bonchev–Trinajstić information content (AvgIpc) is 3.44. The summed E-state index contributed by atoms with van der Waals surface area (Å²) in [7, 11) is 0. The number of carbonyl (C=O) groups is 3. The topological polar surface area (TPSA) is 173 Å². The zero-order valence-corrected chi connectivity index (χ0v) is 29.1. The van der Waals surface area contributed by atoms with Crippen LogP contribution in [0.2, 0.25) is 0 Å². The van der Waals surface area contributed by atoms with Gasteiger partial charge in [-0.1, -0.05) is 19.4 Å². The summed E-state index contributed by atoms with van der Waals surface area (Å²) in [4.78, 5) is 39.8. The Kier molecular flexibility index (Phi) is 9.12. The summed E-state index contributed by atoms with van der Waals surface area (Å²) in [5.74, 6) is -4.55. The molecule has 10 atom stereocenters. The number of carbonyl (C=O) groups excluding carboxylic acids is 3. The maximum Gasteiger partial charge on any atom is 0.336 e. The van der Waals surface area contributed by atoms with Crippen molar-refractivity contribution in [2.75, 3.05) is 6.61 Å². The number of hydrogen-bond donors (Lipinski definition) is 4. The Bertz CT molecular complexity index is 1270. The number of aliphatic hydroxyl groups excluding tert-OH is 2. The van der Waals surface area contributed by atoms with Gasteiger partial charge < -0.3 is 39.1 Å². The van der Waals surface area contributed by atoms with Crippen LogP contribution in [-0.2, 0) is 28.6 Å². The van der Waals surface area contributed by atoms with Gasteiger partial charge in [0.15, 0.2) is 6.10 Å². The minimum absolute atomic E-state index is 0. The van der Waals surface area contributed by atoms with E-state index in [2.05, 4.69) is 0 Å². The summed E-state index contributed by atoms with van der Waals surface area (Å²) in [5, 5.41) is 46.4. The number of ether oxygens (including phenoxy) is 3. The fourth-order valence-corrected chi connectivity index (χ4v) is 7.61. The van der Waals surface area contributed by atoms with Crippen molar-refractivity contribution < 1.29 is 97.5 Å². The maximum absolute atomic E-state index is 14.1. The number of rotatable bonds is 5. The number of Topliss-reactive ketones (excluding diaryl/α,β-unsaturated/α-hetero) is 1. The van der Waals surface area contributed by atoms with E-state index in [-0.39, 0.29) is 75.7 Å². The van der Waals surface area contributed by atoms with Gasteiger partial charge in [-0.3, -0.25) is 9.59 Å². The molecule has 1 aromatic heterocycles. The van der Waals surface area contributed by atoms with Crippen LogP contribution in [0.4, 0.5) is 0 Å². The molecule has 0 aromatic carbocycles. The predicted octanol–water partition coefficient (Wildman–Crippen LogP) is 1.25. The number of fused-ring (bicyclic) bond motifs is 5. The van der Waals surface area contributed by atoms with Gasteiger partial charge in [0.05, 0.1) is 36.4 Å². The van der Waals surface area contributed by atoms with Crippen molar-refractivity contribution in [2.45, 2.75) is 102 Å². The van der Waals surface area contributed by atoms with E-state index in [9.17, 15) is 34.8 Å². The SMILES string of the molecule is [Ac].[CH][C@@H](c1ccco1)[C@@H](O)C(=O)OC1C[C@@]2(O)[C@@H](OC(C)=O)[C@@H]3[C@]4(O)CO[C@@H]4C[C@H](O)[C@@]3(C)C(=O)CC(=C1C)C2(C)C. The predicted molar refractivity (Wildman–Crippen MR) is 140 cm³/mol. The fraction of sp³-hybridized carbons (Fsp3) is 0.667. The van der Waals surface area contributed by atoms with E-state index in [1.54, 1.807) is 26.8 Å². The Morgan fingerprint density at radius 1 is 1.19 bits per heavy atom. The van der Waals surface area contributed by atoms with Gasteiger partial charge in [0, 0.05) is 81.6 Å². The Balaban J connectivity index is 0.00000405. The van der Waals surface area contributed by atoms with E-state index in [0.29, 0.717) is 11.1 Å². The van der Waals surface area contributed by atoms with E-state index in [1.165, 1.54) is 19.3 Å². The molecule has 3 fully saturated rings. The van der Waals surface area contributed by atoms with Gasteiger partial charge >= 0.3 is 11.9 Å². The molecule has 3 aliphatic carbocycles. The van der Waals surface area contributed by atoms with Gasteiger partial charge in [-0.15, -0.1) is 0 Å². The van der Waals surface area contributed by atoms with E-state index < -0.39 is 82.1 Å². The first-order valence-corrected chi connectivity index (χ1v) is 13.8. The van der Waals surface area contributed by atoms with Crippen LogP contribution in [-0.4, -0.2) is 86.5 Å². The van der Waals surface area contributed by atoms with Crippen LogP contribution >= 0.6 is 0 Å². The number of hydrogen-bond acceptors (Lipinski definition) is 11. The molecule has 11 nitrogen and oxygen atoms in total. The quantitative estimate of drug-likeness (QED) is 0.250. The zero-order chi connectivity index (χ0) is 30.3. The summed E-state index contributed by atoms with van der Waals surface area (Å²) in [6.45, 7) is 13.6. The summed E-state index contributed by atoms with van der Waals surface area (Å²) in [6, 6.07) is 3.06. The average molecular weight is 802 g/mol. The Hall–Kier alpha value is -1.13. The first kappa shape index (κ1) is 33.8. The zero-order valence-electron chi connectivity index (χ0n) is 24.4. The van der Waals surface area contributed by atoms with Crippen molar-refractivity contribution in [1.29, 1.82) is 0 Å². The Labute approximate surface area is 280 Å². The molecular formula is C30H38AcO11. The van der Waals surface area contributed by atoms with Crippen LogP contribution in [0.1, 0.15) is 65.6 Å². The number of aliphatic hydroxyl groups is 4. The monoisotopic (exact) mass is 801 g/mol. The smallest absolute Gasteiger partial charge is 0.336 e. The summed E-state index contributed by atoms with van der Waals surface area (Å²) < 4.78 is 22.3. The van der Waals surface area contributed by atoms with Gasteiger partial charge in [0.2, 0.25) is 0 Å². The number of esters is 2. The van der Waals surface area contributed by atoms with Gasteiger partial charge in [-0.25, -0.2) is 4.79 Å². The molecule has 2 bridgehead atoms. The standard InChI is InChI=1S/C30H38O11.Ac/c1-14-17-10-20(32)28(6)21(33)11-22-29(36,13-39-22)24(28)25(40-16(3)31)30(37,27(17,4)5)12-19(14)41-26(35)23(34)15(2)18-8-7-9-38-18;/h2,7-9,15,19,21-25,33-34,36-37H,10-13H2,1,3-6H3;/t15-,19?,21-,22+,23+,24-,25-,28+,29-,30+;/m0./s1. The van der Waals surface area contributed by atoms with Crippen molar-refractivity contribution in [3.63, 3.8) is 0 Å². The van der Waals surface area contributed by atoms with Crippen LogP contribution in [0, 0.1) is 67.7 Å². The second kappa shape index (κ2) is 11.3. The molecule has 1 saturated heterocycles. The third kappa shape index (κ3) is 4.79. The van der Waals surface area contributed by atoms with Crippen molar-refractivity contribution in [2.24, 2.45) is 16.7 Å². The molecule has 227 valence electrons. The minimum atomic E-state index is -1.99. The molecule has 5 rings (SSSR count). The normalized spacial score (nSPS) is 40.1. The van der Waals surface area contributed by atoms with Crippen molar-refractivity contribution in [3.8, 4) is 0 Å². The molecule has 0 spiro atoms. The van der Waals surface area contributed by atoms with Gasteiger partial charge in [0.1, 0.15) is 35.0 Å². The van der Waals surface area contributed by atoms with Crippen LogP contribution in [0.15, 0.2) is 34.0 Å². The van der Waals surface area contributed by atoms with Gasteiger partial charge in [0.25, 0.3) is 0 Å². The van der Waals surface area contributed by atoms with Crippen molar-refractivity contribution >= 4 is 17.7 Å². The van der Waals surface area contributed by atoms with Crippen molar-refractivity contribution in [3.05, 3.63) is 42.2 Å². The largest absolute Gasteiger partial charge is 0.469 e. The molecule has 2 saturated carbocycles. The third-order valence-corrected chi connectivity index (χ3v) is 10.4. The molecule has 1 aliphatic heterocycles. The van der Waals surface area contributed by atoms with Crippen LogP contribution in [0.25, 0.3) is 0 Å². The van der Waals surface area contributed by atoms with Gasteiger partial charge in [-0.2, -0.15) is 0 Å². The Morgan fingerprint density at radius 3 is 2.40 bits per heavy atom. The molecule has 4 aliphatic rings. The summed E-state index contributed by atoms with van der Waals surface area (Å²) in [6.07, 6.45) is -5.69. The maximum atomic E-state index is 14.1. The fourth-order valence-electron chi connectivity index (χ4n) is 7.61. The summed E-state index contributed by atoms with van der Waals surface area (Å²) >= 11 is 0. The molecule has 0 amide bonds. The molecule has 2 heterocycles. The third-order valence-electron chi connectivity index (χ3n) is 10.4. The second-order valence-electron chi connectivity index (χ2n) is 12.8. The molecule has 3 radical (unpaired) electrons. The van der Waals surface area contributed by atoms with Crippen LogP contribution < -0.4 is 0 Å². The first-order valence-electron chi connectivity index (χ1n) is 13.8. The van der Waals surface area contributed by atoms with E-state index in [4.69, 9.17) is 25.6 Å². The molecule has 12 heteroatoms. The van der Waals surface area contributed by atoms with Gasteiger partial charge in [-0.05, 0) is 38.5 Å². The molecule has 42 heavy (non-hydrogen) atoms. The summed E-state index contributed by atoms with van der Waals surface area (Å²) in [5.41, 5.74) is -5.55. The van der Waals surface area contributed by atoms with Crippen LogP contribution in [0.3, 0.4) is 0 Å². The molecule has 1 aromatic rings. The number of furan rings is 1. The van der Waals surface area contributed by atoms with Crippen molar-refractivity contribution in [1.82, 2.24) is 0 Å². The Morgan fingerprint density at radius 2 is 1.86 bits per heavy atom. The second-order valence-corrected chi connectivity index (χ2v) is 12.8. The number of ketones is 1.